The first-order valence-corrected chi connectivity index (χ1v) is 6.62. The molecule has 0 aliphatic heterocycles. The summed E-state index contributed by atoms with van der Waals surface area (Å²) in [6.07, 6.45) is 2.90. The number of pyridine rings is 1. The third-order valence-electron chi connectivity index (χ3n) is 3.28. The summed E-state index contributed by atoms with van der Waals surface area (Å²) in [6.45, 7) is 4.01. The largest absolute Gasteiger partial charge is 0.398 e. The second-order valence-electron chi connectivity index (χ2n) is 5.13. The molecule has 0 radical (unpaired) electrons. The average Bonchev–Trinajstić information content (AvgIpc) is 2.39. The first-order chi connectivity index (χ1) is 9.09. The molecule has 0 aliphatic carbocycles. The van der Waals surface area contributed by atoms with Crippen LogP contribution in [0.1, 0.15) is 12.0 Å². The van der Waals surface area contributed by atoms with Crippen LogP contribution in [0.3, 0.4) is 0 Å². The highest BCUT2D eigenvalue weighted by atomic mass is 15.1. The minimum Gasteiger partial charge on any atom is -0.398 e. The van der Waals surface area contributed by atoms with E-state index in [1.165, 1.54) is 0 Å². The number of hydrogen-bond donors (Lipinski definition) is 2. The lowest BCUT2D eigenvalue weighted by Gasteiger charge is -2.12. The number of nitrogens with one attached hydrogen (secondary N) is 1. The van der Waals surface area contributed by atoms with Crippen LogP contribution >= 0.6 is 0 Å². The van der Waals surface area contributed by atoms with Crippen molar-refractivity contribution in [3.05, 3.63) is 30.0 Å². The van der Waals surface area contributed by atoms with Gasteiger partial charge in [0.25, 0.3) is 0 Å². The van der Waals surface area contributed by atoms with Crippen molar-refractivity contribution in [2.24, 2.45) is 0 Å². The van der Waals surface area contributed by atoms with Crippen LogP contribution in [0.15, 0.2) is 24.4 Å². The molecule has 102 valence electrons. The predicted octanol–water partition coefficient (Wildman–Crippen LogP) is 2.49. The second-order valence-corrected chi connectivity index (χ2v) is 5.13. The summed E-state index contributed by atoms with van der Waals surface area (Å²) in [5, 5.41) is 5.56. The molecule has 1 heterocycles. The lowest BCUT2D eigenvalue weighted by Crippen LogP contribution is -2.16. The molecule has 4 heteroatoms. The average molecular weight is 258 g/mol. The van der Waals surface area contributed by atoms with Gasteiger partial charge in [-0.25, -0.2) is 4.98 Å². The summed E-state index contributed by atoms with van der Waals surface area (Å²) in [5.41, 5.74) is 8.07. The maximum Gasteiger partial charge on any atom is 0.133 e. The van der Waals surface area contributed by atoms with Crippen LogP contribution in [0, 0.1) is 6.92 Å². The molecule has 0 saturated heterocycles. The molecule has 1 aromatic carbocycles. The van der Waals surface area contributed by atoms with Crippen molar-refractivity contribution in [3.63, 3.8) is 0 Å². The maximum atomic E-state index is 6.12. The van der Waals surface area contributed by atoms with Crippen LogP contribution in [0.4, 0.5) is 11.5 Å². The zero-order valence-corrected chi connectivity index (χ0v) is 11.9. The third-order valence-corrected chi connectivity index (χ3v) is 3.28. The molecule has 1 aromatic heterocycles. The number of nitrogen functional groups attached to an aromatic ring is 1. The van der Waals surface area contributed by atoms with Crippen LogP contribution in [0.25, 0.3) is 10.8 Å². The van der Waals surface area contributed by atoms with E-state index in [-0.39, 0.29) is 0 Å². The van der Waals surface area contributed by atoms with E-state index in [0.29, 0.717) is 0 Å². The summed E-state index contributed by atoms with van der Waals surface area (Å²) in [7, 11) is 4.17. The normalized spacial score (nSPS) is 11.2. The van der Waals surface area contributed by atoms with Crippen molar-refractivity contribution < 1.29 is 0 Å². The monoisotopic (exact) mass is 258 g/mol. The quantitative estimate of drug-likeness (QED) is 0.639. The predicted molar refractivity (Wildman–Crippen MR) is 82.6 cm³/mol. The number of benzene rings is 1. The van der Waals surface area contributed by atoms with Crippen molar-refractivity contribution in [3.8, 4) is 0 Å². The lowest BCUT2D eigenvalue weighted by atomic mass is 10.1. The highest BCUT2D eigenvalue weighted by Crippen LogP contribution is 2.28. The topological polar surface area (TPSA) is 54.2 Å². The maximum absolute atomic E-state index is 6.12. The number of hydrogen-bond acceptors (Lipinski definition) is 4. The second kappa shape index (κ2) is 5.89. The Kier molecular flexibility index (Phi) is 4.22. The van der Waals surface area contributed by atoms with Crippen molar-refractivity contribution in [1.82, 2.24) is 9.88 Å². The summed E-state index contributed by atoms with van der Waals surface area (Å²) in [4.78, 5) is 6.59. The van der Waals surface area contributed by atoms with Gasteiger partial charge in [0.05, 0.1) is 0 Å². The Morgan fingerprint density at radius 1 is 1.21 bits per heavy atom. The number of rotatable bonds is 5. The molecule has 2 aromatic rings. The molecular weight excluding hydrogens is 236 g/mol. The molecule has 0 spiro atoms. The number of nitrogens with two attached hydrogens (primary N) is 1. The molecule has 19 heavy (non-hydrogen) atoms. The molecule has 3 N–H and O–H groups in total. The van der Waals surface area contributed by atoms with Gasteiger partial charge in [0.1, 0.15) is 5.82 Å². The van der Waals surface area contributed by atoms with Crippen LogP contribution in [0.5, 0.6) is 0 Å². The number of nitrogens with zero attached hydrogens (tertiary/aromatic N) is 2. The molecule has 0 aliphatic rings. The van der Waals surface area contributed by atoms with E-state index < -0.39 is 0 Å². The first-order valence-electron chi connectivity index (χ1n) is 6.62. The van der Waals surface area contributed by atoms with Crippen molar-refractivity contribution >= 4 is 22.3 Å². The fourth-order valence-electron chi connectivity index (χ4n) is 2.13. The Labute approximate surface area is 114 Å². The first kappa shape index (κ1) is 13.6. The number of fused-ring (bicyclic) bond motifs is 1. The molecular formula is C15H22N4. The Hall–Kier alpha value is -1.81. The summed E-state index contributed by atoms with van der Waals surface area (Å²) in [5.74, 6) is 0.919. The number of anilines is 2. The van der Waals surface area contributed by atoms with E-state index in [1.54, 1.807) is 0 Å². The van der Waals surface area contributed by atoms with Crippen LogP contribution < -0.4 is 11.1 Å². The SMILES string of the molecule is Cc1ccc2c(NCCCN(C)C)nccc2c1N. The standard InChI is InChI=1S/C15H22N4/c1-11-5-6-13-12(14(11)16)7-9-18-15(13)17-8-4-10-19(2)3/h5-7,9H,4,8,10,16H2,1-3H3,(H,17,18). The van der Waals surface area contributed by atoms with E-state index in [2.05, 4.69) is 35.4 Å². The summed E-state index contributed by atoms with van der Waals surface area (Å²) >= 11 is 0. The van der Waals surface area contributed by atoms with Crippen molar-refractivity contribution in [1.29, 1.82) is 0 Å². The van der Waals surface area contributed by atoms with Gasteiger partial charge in [-0.2, -0.15) is 0 Å². The fourth-order valence-corrected chi connectivity index (χ4v) is 2.13. The van der Waals surface area contributed by atoms with E-state index in [9.17, 15) is 0 Å². The molecule has 0 atom stereocenters. The smallest absolute Gasteiger partial charge is 0.133 e. The van der Waals surface area contributed by atoms with Crippen LogP contribution in [-0.4, -0.2) is 37.1 Å². The molecule has 0 amide bonds. The molecule has 0 unspecified atom stereocenters. The number of aryl methyl sites for hydroxylation is 1. The highest BCUT2D eigenvalue weighted by molar-refractivity contribution is 6.00. The lowest BCUT2D eigenvalue weighted by molar-refractivity contribution is 0.405. The Morgan fingerprint density at radius 3 is 2.74 bits per heavy atom. The molecule has 4 nitrogen and oxygen atoms in total. The zero-order chi connectivity index (χ0) is 13.8. The van der Waals surface area contributed by atoms with E-state index in [0.717, 1.165) is 47.4 Å². The van der Waals surface area contributed by atoms with Crippen molar-refractivity contribution in [2.45, 2.75) is 13.3 Å². The Morgan fingerprint density at radius 2 is 2.00 bits per heavy atom. The number of aromatic nitrogens is 1. The molecule has 0 fully saturated rings. The third kappa shape index (κ3) is 3.15. The van der Waals surface area contributed by atoms with E-state index >= 15 is 0 Å². The van der Waals surface area contributed by atoms with E-state index in [4.69, 9.17) is 5.73 Å². The molecule has 2 rings (SSSR count). The van der Waals surface area contributed by atoms with Gasteiger partial charge in [-0.1, -0.05) is 12.1 Å². The van der Waals surface area contributed by atoms with Gasteiger partial charge in [0.15, 0.2) is 0 Å². The Bertz CT molecular complexity index is 563. The van der Waals surface area contributed by atoms with Crippen molar-refractivity contribution in [2.75, 3.05) is 38.2 Å². The van der Waals surface area contributed by atoms with Gasteiger partial charge in [0, 0.05) is 29.2 Å². The zero-order valence-electron chi connectivity index (χ0n) is 11.9. The van der Waals surface area contributed by atoms with Gasteiger partial charge >= 0.3 is 0 Å². The fraction of sp³-hybridized carbons (Fsp3) is 0.400. The van der Waals surface area contributed by atoms with Crippen LogP contribution in [0.2, 0.25) is 0 Å². The van der Waals surface area contributed by atoms with Crippen LogP contribution in [-0.2, 0) is 0 Å². The summed E-state index contributed by atoms with van der Waals surface area (Å²) < 4.78 is 0. The van der Waals surface area contributed by atoms with E-state index in [1.807, 2.05) is 25.3 Å². The molecule has 0 bridgehead atoms. The van der Waals surface area contributed by atoms with Gasteiger partial charge in [-0.3, -0.25) is 0 Å². The summed E-state index contributed by atoms with van der Waals surface area (Å²) in [6, 6.07) is 6.11. The minimum atomic E-state index is 0.844. The van der Waals surface area contributed by atoms with Gasteiger partial charge in [-0.15, -0.1) is 0 Å². The highest BCUT2D eigenvalue weighted by Gasteiger charge is 2.06. The Balaban J connectivity index is 2.17. The van der Waals surface area contributed by atoms with Gasteiger partial charge < -0.3 is 16.0 Å². The minimum absolute atomic E-state index is 0.844. The molecule has 0 saturated carbocycles. The van der Waals surface area contributed by atoms with Gasteiger partial charge in [0.2, 0.25) is 0 Å². The van der Waals surface area contributed by atoms with Gasteiger partial charge in [-0.05, 0) is 45.6 Å².